The molecule has 1 N–H and O–H groups in total. The Morgan fingerprint density at radius 3 is 2.53 bits per heavy atom. The third kappa shape index (κ3) is 2.66. The molecule has 0 saturated heterocycles. The van der Waals surface area contributed by atoms with Crippen LogP contribution >= 0.6 is 11.3 Å². The largest absolute Gasteiger partial charge is 0.465 e. The summed E-state index contributed by atoms with van der Waals surface area (Å²) in [6.45, 7) is 5.07. The molecule has 1 aromatic heterocycles. The van der Waals surface area contributed by atoms with Gasteiger partial charge in [-0.25, -0.2) is 4.79 Å². The van der Waals surface area contributed by atoms with Crippen LogP contribution in [0, 0.1) is 0 Å². The molecule has 1 rings (SSSR count). The molecule has 80 valence electrons. The molecular formula is C10H11NO3S. The molecule has 1 heterocycles. The summed E-state index contributed by atoms with van der Waals surface area (Å²) in [5.74, 6) is -0.653. The van der Waals surface area contributed by atoms with Crippen molar-refractivity contribution in [2.45, 2.75) is 6.92 Å². The minimum atomic E-state index is -0.433. The van der Waals surface area contributed by atoms with Gasteiger partial charge >= 0.3 is 5.97 Å². The van der Waals surface area contributed by atoms with Crippen LogP contribution < -0.4 is 5.32 Å². The fourth-order valence-corrected chi connectivity index (χ4v) is 1.91. The van der Waals surface area contributed by atoms with E-state index in [2.05, 4.69) is 16.6 Å². The number of methoxy groups -OCH3 is 1. The second-order valence-electron chi connectivity index (χ2n) is 2.85. The highest BCUT2D eigenvalue weighted by molar-refractivity contribution is 7.08. The molecular weight excluding hydrogens is 214 g/mol. The Balaban J connectivity index is 2.95. The van der Waals surface area contributed by atoms with Gasteiger partial charge in [0.2, 0.25) is 5.91 Å². The van der Waals surface area contributed by atoms with Gasteiger partial charge in [-0.3, -0.25) is 4.79 Å². The van der Waals surface area contributed by atoms with Crippen LogP contribution in [0.1, 0.15) is 22.8 Å². The summed E-state index contributed by atoms with van der Waals surface area (Å²) in [6, 6.07) is 0. The van der Waals surface area contributed by atoms with Crippen molar-refractivity contribution in [3.8, 4) is 0 Å². The average molecular weight is 225 g/mol. The smallest absolute Gasteiger partial charge is 0.339 e. The van der Waals surface area contributed by atoms with Crippen LogP contribution in [0.15, 0.2) is 17.3 Å². The van der Waals surface area contributed by atoms with Crippen LogP contribution in [0.3, 0.4) is 0 Å². The third-order valence-corrected chi connectivity index (χ3v) is 2.46. The highest BCUT2D eigenvalue weighted by atomic mass is 32.1. The average Bonchev–Trinajstić information content (AvgIpc) is 2.63. The molecule has 1 aromatic rings. The van der Waals surface area contributed by atoms with E-state index in [1.807, 2.05) is 0 Å². The number of amides is 1. The van der Waals surface area contributed by atoms with Crippen molar-refractivity contribution < 1.29 is 14.3 Å². The maximum absolute atomic E-state index is 11.3. The molecule has 0 aromatic carbocycles. The number of rotatable bonds is 3. The van der Waals surface area contributed by atoms with Gasteiger partial charge in [0.15, 0.2) is 0 Å². The van der Waals surface area contributed by atoms with E-state index in [1.165, 1.54) is 25.4 Å². The quantitative estimate of drug-likeness (QED) is 0.796. The zero-order valence-corrected chi connectivity index (χ0v) is 9.31. The first-order chi connectivity index (χ1) is 7.06. The maximum Gasteiger partial charge on any atom is 0.339 e. The fraction of sp³-hybridized carbons (Fsp3) is 0.200. The lowest BCUT2D eigenvalue weighted by atomic mass is 10.1. The van der Waals surface area contributed by atoms with E-state index in [4.69, 9.17) is 0 Å². The van der Waals surface area contributed by atoms with Crippen LogP contribution in [-0.4, -0.2) is 19.0 Å². The molecule has 0 spiro atoms. The number of carbonyl (C=O) groups is 2. The molecule has 0 aliphatic carbocycles. The zero-order chi connectivity index (χ0) is 11.4. The van der Waals surface area contributed by atoms with Crippen LogP contribution in [0.2, 0.25) is 0 Å². The van der Waals surface area contributed by atoms with Crippen molar-refractivity contribution in [3.05, 3.63) is 28.5 Å². The molecule has 0 unspecified atom stereocenters. The van der Waals surface area contributed by atoms with Gasteiger partial charge in [-0.2, -0.15) is 11.3 Å². The molecule has 0 aliphatic rings. The van der Waals surface area contributed by atoms with Crippen molar-refractivity contribution in [3.63, 3.8) is 0 Å². The second kappa shape index (κ2) is 4.75. The molecule has 0 radical (unpaired) electrons. The van der Waals surface area contributed by atoms with E-state index >= 15 is 0 Å². The molecule has 0 saturated carbocycles. The van der Waals surface area contributed by atoms with Crippen molar-refractivity contribution in [2.24, 2.45) is 0 Å². The molecule has 0 aliphatic heterocycles. The highest BCUT2D eigenvalue weighted by Crippen LogP contribution is 2.21. The number of esters is 1. The number of ether oxygens (including phenoxy) is 1. The van der Waals surface area contributed by atoms with Crippen molar-refractivity contribution in [2.75, 3.05) is 7.11 Å². The predicted octanol–water partition coefficient (Wildman–Crippen LogP) is 1.64. The van der Waals surface area contributed by atoms with Gasteiger partial charge in [-0.1, -0.05) is 6.58 Å². The van der Waals surface area contributed by atoms with E-state index in [9.17, 15) is 9.59 Å². The summed E-state index contributed by atoms with van der Waals surface area (Å²) < 4.78 is 4.60. The van der Waals surface area contributed by atoms with Crippen molar-refractivity contribution in [1.82, 2.24) is 5.32 Å². The van der Waals surface area contributed by atoms with Gasteiger partial charge in [0.1, 0.15) is 0 Å². The minimum absolute atomic E-state index is 0.220. The SMILES string of the molecule is C=C(NC(C)=O)c1cscc1C(=O)OC. The molecule has 4 nitrogen and oxygen atoms in total. The Morgan fingerprint density at radius 1 is 1.40 bits per heavy atom. The third-order valence-electron chi connectivity index (χ3n) is 1.72. The van der Waals surface area contributed by atoms with E-state index in [1.54, 1.807) is 10.8 Å². The number of thiophene rings is 1. The van der Waals surface area contributed by atoms with Gasteiger partial charge in [0, 0.05) is 28.9 Å². The Kier molecular flexibility index (Phi) is 3.62. The van der Waals surface area contributed by atoms with Crippen LogP contribution in [0.4, 0.5) is 0 Å². The summed E-state index contributed by atoms with van der Waals surface area (Å²) in [5, 5.41) is 5.93. The summed E-state index contributed by atoms with van der Waals surface area (Å²) in [4.78, 5) is 22.1. The summed E-state index contributed by atoms with van der Waals surface area (Å²) >= 11 is 1.35. The van der Waals surface area contributed by atoms with Gasteiger partial charge in [-0.05, 0) is 0 Å². The topological polar surface area (TPSA) is 55.4 Å². The molecule has 1 amide bonds. The molecule has 5 heteroatoms. The minimum Gasteiger partial charge on any atom is -0.465 e. The Bertz CT molecular complexity index is 409. The first kappa shape index (κ1) is 11.5. The second-order valence-corrected chi connectivity index (χ2v) is 3.59. The Labute approximate surface area is 91.6 Å². The summed E-state index contributed by atoms with van der Waals surface area (Å²) in [7, 11) is 1.31. The first-order valence-corrected chi connectivity index (χ1v) is 5.12. The number of carbonyl (C=O) groups excluding carboxylic acids is 2. The van der Waals surface area contributed by atoms with E-state index in [-0.39, 0.29) is 5.91 Å². The van der Waals surface area contributed by atoms with Crippen molar-refractivity contribution in [1.29, 1.82) is 0 Å². The number of hydrogen-bond donors (Lipinski definition) is 1. The molecule has 0 atom stereocenters. The predicted molar refractivity (Wildman–Crippen MR) is 58.5 cm³/mol. The lowest BCUT2D eigenvalue weighted by Crippen LogP contribution is -2.18. The molecule has 15 heavy (non-hydrogen) atoms. The standard InChI is InChI=1S/C10H11NO3S/c1-6(11-7(2)12)8-4-15-5-9(8)10(13)14-3/h4-5H,1H2,2-3H3,(H,11,12). The first-order valence-electron chi connectivity index (χ1n) is 4.17. The number of nitrogens with one attached hydrogen (secondary N) is 1. The van der Waals surface area contributed by atoms with E-state index in [0.717, 1.165) is 0 Å². The molecule has 0 fully saturated rings. The van der Waals surface area contributed by atoms with E-state index in [0.29, 0.717) is 16.8 Å². The summed E-state index contributed by atoms with van der Waals surface area (Å²) in [6.07, 6.45) is 0. The Morgan fingerprint density at radius 2 is 2.00 bits per heavy atom. The monoisotopic (exact) mass is 225 g/mol. The lowest BCUT2D eigenvalue weighted by molar-refractivity contribution is -0.117. The highest BCUT2D eigenvalue weighted by Gasteiger charge is 2.15. The van der Waals surface area contributed by atoms with Crippen LogP contribution in [-0.2, 0) is 9.53 Å². The van der Waals surface area contributed by atoms with Gasteiger partial charge < -0.3 is 10.1 Å². The molecule has 0 bridgehead atoms. The number of hydrogen-bond acceptors (Lipinski definition) is 4. The van der Waals surface area contributed by atoms with Gasteiger partial charge in [0.25, 0.3) is 0 Å². The van der Waals surface area contributed by atoms with Crippen LogP contribution in [0.25, 0.3) is 5.70 Å². The van der Waals surface area contributed by atoms with Crippen molar-refractivity contribution >= 4 is 28.9 Å². The lowest BCUT2D eigenvalue weighted by Gasteiger charge is -2.06. The summed E-state index contributed by atoms with van der Waals surface area (Å²) in [5.41, 5.74) is 1.42. The van der Waals surface area contributed by atoms with Gasteiger partial charge in [-0.15, -0.1) is 0 Å². The van der Waals surface area contributed by atoms with Gasteiger partial charge in [0.05, 0.1) is 12.7 Å². The zero-order valence-electron chi connectivity index (χ0n) is 8.49. The normalized spacial score (nSPS) is 9.47. The van der Waals surface area contributed by atoms with Crippen LogP contribution in [0.5, 0.6) is 0 Å². The maximum atomic E-state index is 11.3. The fourth-order valence-electron chi connectivity index (χ4n) is 1.08. The Hall–Kier alpha value is -1.62. The van der Waals surface area contributed by atoms with E-state index < -0.39 is 5.97 Å².